The number of benzene rings is 1. The SMILES string of the molecule is O[C@]1(c2ccncc2)CCC[C@H]1c1ccc(F)cc1. The van der Waals surface area contributed by atoms with Gasteiger partial charge in [0.05, 0.1) is 5.60 Å². The summed E-state index contributed by atoms with van der Waals surface area (Å²) in [5.74, 6) is -0.218. The van der Waals surface area contributed by atoms with Crippen molar-refractivity contribution in [1.82, 2.24) is 4.98 Å². The summed E-state index contributed by atoms with van der Waals surface area (Å²) < 4.78 is 13.0. The molecule has 1 aliphatic carbocycles. The van der Waals surface area contributed by atoms with E-state index >= 15 is 0 Å². The predicted molar refractivity (Wildman–Crippen MR) is 71.1 cm³/mol. The summed E-state index contributed by atoms with van der Waals surface area (Å²) in [4.78, 5) is 4.00. The van der Waals surface area contributed by atoms with Gasteiger partial charge in [-0.25, -0.2) is 4.39 Å². The number of pyridine rings is 1. The van der Waals surface area contributed by atoms with Gasteiger partial charge >= 0.3 is 0 Å². The van der Waals surface area contributed by atoms with Crippen LogP contribution in [0.2, 0.25) is 0 Å². The van der Waals surface area contributed by atoms with Crippen LogP contribution in [0.3, 0.4) is 0 Å². The topological polar surface area (TPSA) is 33.1 Å². The average molecular weight is 257 g/mol. The van der Waals surface area contributed by atoms with E-state index in [-0.39, 0.29) is 11.7 Å². The average Bonchev–Trinajstić information content (AvgIpc) is 2.84. The van der Waals surface area contributed by atoms with Crippen LogP contribution in [0.25, 0.3) is 0 Å². The summed E-state index contributed by atoms with van der Waals surface area (Å²) in [6, 6.07) is 10.2. The molecule has 1 aliphatic rings. The van der Waals surface area contributed by atoms with E-state index in [9.17, 15) is 9.50 Å². The molecule has 1 N–H and O–H groups in total. The lowest BCUT2D eigenvalue weighted by atomic mass is 9.80. The molecule has 19 heavy (non-hydrogen) atoms. The molecule has 0 bridgehead atoms. The Bertz CT molecular complexity index is 555. The molecule has 3 rings (SSSR count). The largest absolute Gasteiger partial charge is 0.385 e. The number of aromatic nitrogens is 1. The van der Waals surface area contributed by atoms with Crippen molar-refractivity contribution in [2.24, 2.45) is 0 Å². The van der Waals surface area contributed by atoms with E-state index in [1.807, 2.05) is 12.1 Å². The van der Waals surface area contributed by atoms with Crippen LogP contribution < -0.4 is 0 Å². The normalized spacial score (nSPS) is 26.5. The fraction of sp³-hybridized carbons (Fsp3) is 0.312. The fourth-order valence-electron chi connectivity index (χ4n) is 3.11. The van der Waals surface area contributed by atoms with Crippen LogP contribution in [0.5, 0.6) is 0 Å². The highest BCUT2D eigenvalue weighted by Crippen LogP contribution is 2.49. The Balaban J connectivity index is 1.99. The van der Waals surface area contributed by atoms with E-state index in [1.165, 1.54) is 12.1 Å². The van der Waals surface area contributed by atoms with Gasteiger partial charge in [0.2, 0.25) is 0 Å². The van der Waals surface area contributed by atoms with E-state index in [0.29, 0.717) is 0 Å². The number of hydrogen-bond donors (Lipinski definition) is 1. The molecule has 2 nitrogen and oxygen atoms in total. The summed E-state index contributed by atoms with van der Waals surface area (Å²) in [6.45, 7) is 0. The Morgan fingerprint density at radius 3 is 2.47 bits per heavy atom. The molecule has 0 saturated heterocycles. The van der Waals surface area contributed by atoms with Gasteiger partial charge in [-0.05, 0) is 54.7 Å². The number of nitrogens with zero attached hydrogens (tertiary/aromatic N) is 1. The Hall–Kier alpha value is -1.74. The van der Waals surface area contributed by atoms with Crippen molar-refractivity contribution >= 4 is 0 Å². The molecule has 98 valence electrons. The van der Waals surface area contributed by atoms with Crippen molar-refractivity contribution in [3.05, 3.63) is 65.7 Å². The maximum atomic E-state index is 13.0. The summed E-state index contributed by atoms with van der Waals surface area (Å²) in [7, 11) is 0. The van der Waals surface area contributed by atoms with Gasteiger partial charge in [-0.15, -0.1) is 0 Å². The molecule has 1 fully saturated rings. The molecule has 2 atom stereocenters. The summed E-state index contributed by atoms with van der Waals surface area (Å²) in [6.07, 6.45) is 6.03. The van der Waals surface area contributed by atoms with Crippen LogP contribution in [0.15, 0.2) is 48.8 Å². The van der Waals surface area contributed by atoms with Gasteiger partial charge in [-0.1, -0.05) is 12.1 Å². The number of hydrogen-bond acceptors (Lipinski definition) is 2. The van der Waals surface area contributed by atoms with E-state index in [2.05, 4.69) is 4.98 Å². The fourth-order valence-corrected chi connectivity index (χ4v) is 3.11. The Morgan fingerprint density at radius 2 is 1.79 bits per heavy atom. The summed E-state index contributed by atoms with van der Waals surface area (Å²) in [5, 5.41) is 11.0. The lowest BCUT2D eigenvalue weighted by Gasteiger charge is -2.31. The number of halogens is 1. The highest BCUT2D eigenvalue weighted by atomic mass is 19.1. The zero-order valence-electron chi connectivity index (χ0n) is 10.6. The highest BCUT2D eigenvalue weighted by molar-refractivity contribution is 5.32. The van der Waals surface area contributed by atoms with Crippen LogP contribution in [0, 0.1) is 5.82 Å². The van der Waals surface area contributed by atoms with Gasteiger partial charge in [-0.3, -0.25) is 4.98 Å². The van der Waals surface area contributed by atoms with Crippen molar-refractivity contribution in [2.75, 3.05) is 0 Å². The van der Waals surface area contributed by atoms with Crippen molar-refractivity contribution in [3.8, 4) is 0 Å². The lowest BCUT2D eigenvalue weighted by Crippen LogP contribution is -2.28. The van der Waals surface area contributed by atoms with Crippen molar-refractivity contribution in [2.45, 2.75) is 30.8 Å². The predicted octanol–water partition coefficient (Wildman–Crippen LogP) is 3.38. The standard InChI is InChI=1S/C16H16FNO/c17-14-5-3-12(4-6-14)15-2-1-9-16(15,19)13-7-10-18-11-8-13/h3-8,10-11,15,19H,1-2,9H2/t15-,16-/m0/s1. The Labute approximate surface area is 111 Å². The second-order valence-electron chi connectivity index (χ2n) is 5.16. The van der Waals surface area contributed by atoms with Gasteiger partial charge in [-0.2, -0.15) is 0 Å². The van der Waals surface area contributed by atoms with Crippen molar-refractivity contribution in [1.29, 1.82) is 0 Å². The second-order valence-corrected chi connectivity index (χ2v) is 5.16. The van der Waals surface area contributed by atoms with Crippen LogP contribution >= 0.6 is 0 Å². The monoisotopic (exact) mass is 257 g/mol. The third-order valence-corrected chi connectivity index (χ3v) is 4.08. The van der Waals surface area contributed by atoms with E-state index < -0.39 is 5.60 Å². The van der Waals surface area contributed by atoms with Crippen LogP contribution in [0.4, 0.5) is 4.39 Å². The molecule has 0 radical (unpaired) electrons. The second kappa shape index (κ2) is 4.74. The van der Waals surface area contributed by atoms with Crippen LogP contribution in [-0.4, -0.2) is 10.1 Å². The molecule has 1 aromatic heterocycles. The van der Waals surface area contributed by atoms with Crippen LogP contribution in [0.1, 0.15) is 36.3 Å². The van der Waals surface area contributed by atoms with Gasteiger partial charge < -0.3 is 5.11 Å². The highest BCUT2D eigenvalue weighted by Gasteiger charge is 2.43. The first-order valence-corrected chi connectivity index (χ1v) is 6.58. The van der Waals surface area contributed by atoms with Crippen molar-refractivity contribution in [3.63, 3.8) is 0 Å². The third kappa shape index (κ3) is 2.15. The van der Waals surface area contributed by atoms with Crippen LogP contribution in [-0.2, 0) is 5.60 Å². The smallest absolute Gasteiger partial charge is 0.123 e. The minimum atomic E-state index is -0.860. The molecule has 1 heterocycles. The van der Waals surface area contributed by atoms with Gasteiger partial charge in [0.25, 0.3) is 0 Å². The molecular formula is C16H16FNO. The molecule has 1 aromatic carbocycles. The first-order chi connectivity index (χ1) is 9.20. The maximum absolute atomic E-state index is 13.0. The minimum absolute atomic E-state index is 0.0236. The molecule has 2 aromatic rings. The van der Waals surface area contributed by atoms with E-state index in [1.54, 1.807) is 24.5 Å². The summed E-state index contributed by atoms with van der Waals surface area (Å²) >= 11 is 0. The molecule has 0 unspecified atom stereocenters. The molecule has 0 amide bonds. The first-order valence-electron chi connectivity index (χ1n) is 6.58. The zero-order chi connectivity index (χ0) is 13.3. The minimum Gasteiger partial charge on any atom is -0.385 e. The summed E-state index contributed by atoms with van der Waals surface area (Å²) in [5.41, 5.74) is 1.04. The van der Waals surface area contributed by atoms with Gasteiger partial charge in [0, 0.05) is 18.3 Å². The molecule has 0 spiro atoms. The molecule has 3 heteroatoms. The number of rotatable bonds is 2. The molecule has 1 saturated carbocycles. The van der Waals surface area contributed by atoms with E-state index in [4.69, 9.17) is 0 Å². The third-order valence-electron chi connectivity index (χ3n) is 4.08. The van der Waals surface area contributed by atoms with Gasteiger partial charge in [0.15, 0.2) is 0 Å². The zero-order valence-corrected chi connectivity index (χ0v) is 10.6. The quantitative estimate of drug-likeness (QED) is 0.894. The molecule has 0 aliphatic heterocycles. The van der Waals surface area contributed by atoms with E-state index in [0.717, 1.165) is 30.4 Å². The molecular weight excluding hydrogens is 241 g/mol. The first kappa shape index (κ1) is 12.3. The maximum Gasteiger partial charge on any atom is 0.123 e. The van der Waals surface area contributed by atoms with Crippen molar-refractivity contribution < 1.29 is 9.50 Å². The lowest BCUT2D eigenvalue weighted by molar-refractivity contribution is 0.0258. The number of aliphatic hydroxyl groups is 1. The van der Waals surface area contributed by atoms with Gasteiger partial charge in [0.1, 0.15) is 5.82 Å². The Kier molecular flexibility index (Phi) is 3.07. The Morgan fingerprint density at radius 1 is 1.11 bits per heavy atom.